The van der Waals surface area contributed by atoms with E-state index in [0.717, 1.165) is 25.9 Å². The van der Waals surface area contributed by atoms with Gasteiger partial charge in [0.15, 0.2) is 0 Å². The van der Waals surface area contributed by atoms with Gasteiger partial charge in [0.25, 0.3) is 5.92 Å². The van der Waals surface area contributed by atoms with E-state index in [9.17, 15) is 13.9 Å². The van der Waals surface area contributed by atoms with Gasteiger partial charge in [0.05, 0.1) is 12.6 Å². The van der Waals surface area contributed by atoms with Gasteiger partial charge in [-0.05, 0) is 32.9 Å². The summed E-state index contributed by atoms with van der Waals surface area (Å²) < 4.78 is 26.8. The van der Waals surface area contributed by atoms with E-state index >= 15 is 0 Å². The molecule has 0 aromatic carbocycles. The van der Waals surface area contributed by atoms with Crippen molar-refractivity contribution in [2.45, 2.75) is 50.3 Å². The molecule has 0 bridgehead atoms. The van der Waals surface area contributed by atoms with Crippen LogP contribution in [0, 0.1) is 0 Å². The monoisotopic (exact) mass is 234 g/mol. The van der Waals surface area contributed by atoms with Crippen LogP contribution in [0.4, 0.5) is 8.78 Å². The summed E-state index contributed by atoms with van der Waals surface area (Å²) in [6.45, 7) is 3.20. The quantitative estimate of drug-likeness (QED) is 0.743. The minimum Gasteiger partial charge on any atom is -0.392 e. The normalized spacial score (nSPS) is 34.1. The van der Waals surface area contributed by atoms with Gasteiger partial charge in [-0.15, -0.1) is 0 Å². The molecule has 5 heteroatoms. The highest BCUT2D eigenvalue weighted by molar-refractivity contribution is 4.96. The molecule has 3 nitrogen and oxygen atoms in total. The van der Waals surface area contributed by atoms with Gasteiger partial charge in [0, 0.05) is 18.5 Å². The van der Waals surface area contributed by atoms with Gasteiger partial charge in [0.1, 0.15) is 0 Å². The first-order valence-electron chi connectivity index (χ1n) is 6.02. The van der Waals surface area contributed by atoms with Crippen molar-refractivity contribution in [3.05, 3.63) is 0 Å². The number of halogens is 2. The van der Waals surface area contributed by atoms with Crippen LogP contribution in [0.25, 0.3) is 0 Å². The fraction of sp³-hybridized carbons (Fsp3) is 1.00. The van der Waals surface area contributed by atoms with Gasteiger partial charge in [-0.2, -0.15) is 0 Å². The van der Waals surface area contributed by atoms with Crippen molar-refractivity contribution in [2.24, 2.45) is 0 Å². The average molecular weight is 234 g/mol. The van der Waals surface area contributed by atoms with Crippen LogP contribution < -0.4 is 5.32 Å². The fourth-order valence-corrected chi connectivity index (χ4v) is 2.86. The zero-order chi connectivity index (χ0) is 11.8. The lowest BCUT2D eigenvalue weighted by atomic mass is 10.0. The van der Waals surface area contributed by atoms with Crippen LogP contribution in [-0.2, 0) is 0 Å². The van der Waals surface area contributed by atoms with E-state index in [2.05, 4.69) is 5.32 Å². The summed E-state index contributed by atoms with van der Waals surface area (Å²) in [5.74, 6) is -2.63. The minimum atomic E-state index is -2.63. The molecule has 0 aliphatic carbocycles. The van der Waals surface area contributed by atoms with Crippen molar-refractivity contribution in [3.8, 4) is 0 Å². The van der Waals surface area contributed by atoms with E-state index in [4.69, 9.17) is 0 Å². The smallest absolute Gasteiger partial charge is 0.262 e. The van der Waals surface area contributed by atoms with Crippen molar-refractivity contribution in [1.29, 1.82) is 0 Å². The molecule has 2 heterocycles. The minimum absolute atomic E-state index is 0.187. The van der Waals surface area contributed by atoms with Crippen LogP contribution >= 0.6 is 0 Å². The van der Waals surface area contributed by atoms with E-state index in [-0.39, 0.29) is 25.0 Å². The second-order valence-corrected chi connectivity index (χ2v) is 5.02. The first-order chi connectivity index (χ1) is 7.49. The van der Waals surface area contributed by atoms with Crippen LogP contribution in [0.5, 0.6) is 0 Å². The number of aliphatic hydroxyl groups excluding tert-OH is 1. The lowest BCUT2D eigenvalue weighted by Crippen LogP contribution is -2.48. The number of likely N-dealkylation sites (tertiary alicyclic amines) is 1. The molecule has 2 N–H and O–H groups in total. The molecule has 2 fully saturated rings. The Bertz CT molecular complexity index is 242. The number of nitrogens with one attached hydrogen (secondary N) is 1. The number of hydrogen-bond donors (Lipinski definition) is 2. The average Bonchev–Trinajstić information content (AvgIpc) is 2.56. The molecule has 0 aromatic heterocycles. The molecule has 2 aliphatic heterocycles. The summed E-state index contributed by atoms with van der Waals surface area (Å²) in [6, 6.07) is -0.174. The lowest BCUT2D eigenvalue weighted by Gasteiger charge is -2.36. The van der Waals surface area contributed by atoms with Gasteiger partial charge in [-0.3, -0.25) is 4.90 Å². The maximum Gasteiger partial charge on any atom is 0.262 e. The number of hydrogen-bond acceptors (Lipinski definition) is 3. The highest BCUT2D eigenvalue weighted by Crippen LogP contribution is 2.36. The Morgan fingerprint density at radius 3 is 2.56 bits per heavy atom. The number of alkyl halides is 2. The zero-order valence-electron chi connectivity index (χ0n) is 9.63. The van der Waals surface area contributed by atoms with Gasteiger partial charge in [0.2, 0.25) is 0 Å². The Morgan fingerprint density at radius 2 is 2.00 bits per heavy atom. The van der Waals surface area contributed by atoms with E-state index in [1.807, 2.05) is 4.90 Å². The molecule has 94 valence electrons. The lowest BCUT2D eigenvalue weighted by molar-refractivity contribution is 0.00584. The molecular formula is C11H20F2N2O. The largest absolute Gasteiger partial charge is 0.392 e. The van der Waals surface area contributed by atoms with E-state index in [1.54, 1.807) is 6.92 Å². The summed E-state index contributed by atoms with van der Waals surface area (Å²) in [5.41, 5.74) is 0. The SMILES string of the molecule is CC(O)[C@H]1CC(F)(F)CN1C1CCNCC1. The summed E-state index contributed by atoms with van der Waals surface area (Å²) in [7, 11) is 0. The number of rotatable bonds is 2. The number of aliphatic hydroxyl groups is 1. The second-order valence-electron chi connectivity index (χ2n) is 5.02. The molecule has 0 spiro atoms. The molecule has 16 heavy (non-hydrogen) atoms. The van der Waals surface area contributed by atoms with Crippen molar-refractivity contribution in [1.82, 2.24) is 10.2 Å². The number of nitrogens with zero attached hydrogens (tertiary/aromatic N) is 1. The molecule has 2 saturated heterocycles. The van der Waals surface area contributed by atoms with Crippen molar-refractivity contribution in [3.63, 3.8) is 0 Å². The Kier molecular flexibility index (Phi) is 3.47. The third kappa shape index (κ3) is 2.52. The van der Waals surface area contributed by atoms with Crippen molar-refractivity contribution < 1.29 is 13.9 Å². The molecule has 0 radical (unpaired) electrons. The van der Waals surface area contributed by atoms with Gasteiger partial charge in [-0.25, -0.2) is 8.78 Å². The summed E-state index contributed by atoms with van der Waals surface area (Å²) in [6.07, 6.45) is 0.927. The van der Waals surface area contributed by atoms with Crippen molar-refractivity contribution in [2.75, 3.05) is 19.6 Å². The molecule has 2 rings (SSSR count). The summed E-state index contributed by atoms with van der Waals surface area (Å²) in [4.78, 5) is 1.82. The Labute approximate surface area is 94.8 Å². The molecule has 0 amide bonds. The second kappa shape index (κ2) is 4.55. The van der Waals surface area contributed by atoms with Crippen molar-refractivity contribution >= 4 is 0 Å². The van der Waals surface area contributed by atoms with Crippen LogP contribution in [-0.4, -0.2) is 53.8 Å². The van der Waals surface area contributed by atoms with Gasteiger partial charge >= 0.3 is 0 Å². The fourth-order valence-electron chi connectivity index (χ4n) is 2.86. The highest BCUT2D eigenvalue weighted by atomic mass is 19.3. The molecular weight excluding hydrogens is 214 g/mol. The number of piperidine rings is 1. The topological polar surface area (TPSA) is 35.5 Å². The van der Waals surface area contributed by atoms with Crippen LogP contribution in [0.2, 0.25) is 0 Å². The van der Waals surface area contributed by atoms with Crippen LogP contribution in [0.15, 0.2) is 0 Å². The predicted molar refractivity (Wildman–Crippen MR) is 57.6 cm³/mol. The molecule has 2 aliphatic rings. The summed E-state index contributed by atoms with van der Waals surface area (Å²) >= 11 is 0. The maximum atomic E-state index is 13.4. The summed E-state index contributed by atoms with van der Waals surface area (Å²) in [5, 5.41) is 12.8. The predicted octanol–water partition coefficient (Wildman–Crippen LogP) is 0.829. The van der Waals surface area contributed by atoms with Gasteiger partial charge in [-0.1, -0.05) is 0 Å². The molecule has 2 atom stereocenters. The van der Waals surface area contributed by atoms with E-state index in [0.29, 0.717) is 0 Å². The van der Waals surface area contributed by atoms with E-state index < -0.39 is 12.0 Å². The first kappa shape index (κ1) is 12.2. The Hall–Kier alpha value is -0.260. The third-order valence-corrected chi connectivity index (χ3v) is 3.68. The molecule has 1 unspecified atom stereocenters. The van der Waals surface area contributed by atoms with Gasteiger partial charge < -0.3 is 10.4 Å². The van der Waals surface area contributed by atoms with Crippen LogP contribution in [0.3, 0.4) is 0 Å². The highest BCUT2D eigenvalue weighted by Gasteiger charge is 2.48. The van der Waals surface area contributed by atoms with E-state index in [1.165, 1.54) is 0 Å². The van der Waals surface area contributed by atoms with Crippen LogP contribution in [0.1, 0.15) is 26.2 Å². The molecule has 0 saturated carbocycles. The Balaban J connectivity index is 2.05. The maximum absolute atomic E-state index is 13.4. The standard InChI is InChI=1S/C11H20F2N2O/c1-8(16)10-6-11(12,13)7-15(10)9-2-4-14-5-3-9/h8-10,14,16H,2-7H2,1H3/t8?,10-/m1/s1. The Morgan fingerprint density at radius 1 is 1.38 bits per heavy atom. The first-order valence-corrected chi connectivity index (χ1v) is 6.02. The molecule has 0 aromatic rings. The third-order valence-electron chi connectivity index (χ3n) is 3.68. The zero-order valence-corrected chi connectivity index (χ0v) is 9.63.